The largest absolute Gasteiger partial charge is 0.439 e. The third-order valence-corrected chi connectivity index (χ3v) is 5.49. The van der Waals surface area contributed by atoms with Gasteiger partial charge in [-0.05, 0) is 55.3 Å². The lowest BCUT2D eigenvalue weighted by Gasteiger charge is -2.09. The minimum Gasteiger partial charge on any atom is -0.439 e. The van der Waals surface area contributed by atoms with E-state index in [0.717, 1.165) is 33.3 Å². The SMILES string of the molecule is CCn1c(=O)c2c(-c3ccncc3)c(Nc3ccccc3C)oc2c2ccccc21. The van der Waals surface area contributed by atoms with Crippen molar-refractivity contribution in [3.05, 3.63) is 89.0 Å². The van der Waals surface area contributed by atoms with Crippen LogP contribution in [0.1, 0.15) is 12.5 Å². The Labute approximate surface area is 173 Å². The Morgan fingerprint density at radius 1 is 1.00 bits per heavy atom. The second kappa shape index (κ2) is 7.19. The standard InChI is InChI=1S/C25H21N3O2/c1-3-28-20-11-7-5-9-18(20)23-22(25(28)29)21(17-12-14-26-15-13-17)24(30-23)27-19-10-6-4-8-16(19)2/h4-15,27H,3H2,1-2H3. The van der Waals surface area contributed by atoms with E-state index in [4.69, 9.17) is 4.42 Å². The molecule has 0 spiro atoms. The normalized spacial score (nSPS) is 11.3. The summed E-state index contributed by atoms with van der Waals surface area (Å²) in [5.74, 6) is 0.557. The molecule has 0 aliphatic heterocycles. The number of nitrogens with one attached hydrogen (secondary N) is 1. The topological polar surface area (TPSA) is 60.1 Å². The van der Waals surface area contributed by atoms with Gasteiger partial charge in [-0.25, -0.2) is 0 Å². The molecule has 0 aliphatic carbocycles. The molecule has 0 atom stereocenters. The molecule has 5 aromatic rings. The summed E-state index contributed by atoms with van der Waals surface area (Å²) in [6.45, 7) is 4.60. The molecular formula is C25H21N3O2. The van der Waals surface area contributed by atoms with Crippen molar-refractivity contribution in [3.8, 4) is 11.1 Å². The lowest BCUT2D eigenvalue weighted by molar-refractivity contribution is 0.637. The summed E-state index contributed by atoms with van der Waals surface area (Å²) in [5.41, 5.74) is 5.09. The van der Waals surface area contributed by atoms with Crippen LogP contribution in [-0.4, -0.2) is 9.55 Å². The summed E-state index contributed by atoms with van der Waals surface area (Å²) >= 11 is 0. The van der Waals surface area contributed by atoms with Gasteiger partial charge in [-0.2, -0.15) is 0 Å². The van der Waals surface area contributed by atoms with E-state index >= 15 is 0 Å². The summed E-state index contributed by atoms with van der Waals surface area (Å²) in [6.07, 6.45) is 3.45. The third-order valence-electron chi connectivity index (χ3n) is 5.49. The van der Waals surface area contributed by atoms with Gasteiger partial charge < -0.3 is 14.3 Å². The van der Waals surface area contributed by atoms with Gasteiger partial charge in [0, 0.05) is 30.0 Å². The van der Waals surface area contributed by atoms with Crippen LogP contribution >= 0.6 is 0 Å². The molecule has 5 nitrogen and oxygen atoms in total. The number of aryl methyl sites for hydroxylation is 2. The van der Waals surface area contributed by atoms with Crippen LogP contribution in [0.3, 0.4) is 0 Å². The van der Waals surface area contributed by atoms with Gasteiger partial charge in [0.05, 0.1) is 16.5 Å². The number of anilines is 2. The van der Waals surface area contributed by atoms with Crippen molar-refractivity contribution in [2.24, 2.45) is 0 Å². The molecule has 0 aliphatic rings. The summed E-state index contributed by atoms with van der Waals surface area (Å²) < 4.78 is 8.16. The minimum absolute atomic E-state index is 0.0559. The lowest BCUT2D eigenvalue weighted by Crippen LogP contribution is -2.19. The molecule has 0 unspecified atom stereocenters. The second-order valence-electron chi connectivity index (χ2n) is 7.25. The molecule has 1 N–H and O–H groups in total. The number of rotatable bonds is 4. The molecule has 0 fully saturated rings. The molecule has 148 valence electrons. The first-order chi connectivity index (χ1) is 14.7. The van der Waals surface area contributed by atoms with Gasteiger partial charge in [0.1, 0.15) is 0 Å². The Hall–Kier alpha value is -3.86. The van der Waals surface area contributed by atoms with Crippen molar-refractivity contribution in [1.29, 1.82) is 0 Å². The van der Waals surface area contributed by atoms with Crippen molar-refractivity contribution in [2.75, 3.05) is 5.32 Å². The monoisotopic (exact) mass is 395 g/mol. The molecule has 0 bridgehead atoms. The highest BCUT2D eigenvalue weighted by molar-refractivity contribution is 6.11. The van der Waals surface area contributed by atoms with Crippen LogP contribution in [0.5, 0.6) is 0 Å². The Morgan fingerprint density at radius 3 is 2.50 bits per heavy atom. The Morgan fingerprint density at radius 2 is 1.73 bits per heavy atom. The van der Waals surface area contributed by atoms with Crippen molar-refractivity contribution in [3.63, 3.8) is 0 Å². The zero-order chi connectivity index (χ0) is 20.7. The fourth-order valence-corrected chi connectivity index (χ4v) is 4.00. The molecule has 2 aromatic carbocycles. The van der Waals surface area contributed by atoms with Gasteiger partial charge in [0.25, 0.3) is 5.56 Å². The quantitative estimate of drug-likeness (QED) is 0.413. The number of pyridine rings is 2. The highest BCUT2D eigenvalue weighted by atomic mass is 16.4. The van der Waals surface area contributed by atoms with Crippen LogP contribution in [0.15, 0.2) is 82.3 Å². The van der Waals surface area contributed by atoms with Crippen molar-refractivity contribution < 1.29 is 4.42 Å². The van der Waals surface area contributed by atoms with E-state index in [0.29, 0.717) is 23.4 Å². The Kier molecular flexibility index (Phi) is 4.36. The second-order valence-corrected chi connectivity index (χ2v) is 7.25. The average Bonchev–Trinajstić information content (AvgIpc) is 3.16. The number of aromatic nitrogens is 2. The highest BCUT2D eigenvalue weighted by Gasteiger charge is 2.23. The van der Waals surface area contributed by atoms with Crippen LogP contribution in [0, 0.1) is 6.92 Å². The average molecular weight is 395 g/mol. The summed E-state index contributed by atoms with van der Waals surface area (Å²) in [4.78, 5) is 17.7. The van der Waals surface area contributed by atoms with Crippen molar-refractivity contribution >= 4 is 33.4 Å². The summed E-state index contributed by atoms with van der Waals surface area (Å²) in [5, 5.41) is 4.92. The fraction of sp³-hybridized carbons (Fsp3) is 0.120. The smallest absolute Gasteiger partial charge is 0.262 e. The molecule has 0 saturated carbocycles. The van der Waals surface area contributed by atoms with Crippen molar-refractivity contribution in [1.82, 2.24) is 9.55 Å². The number of fused-ring (bicyclic) bond motifs is 3. The van der Waals surface area contributed by atoms with E-state index in [1.807, 2.05) is 74.5 Å². The van der Waals surface area contributed by atoms with Gasteiger partial charge in [-0.3, -0.25) is 9.78 Å². The molecule has 3 heterocycles. The van der Waals surface area contributed by atoms with Gasteiger partial charge in [0.15, 0.2) is 5.58 Å². The number of furan rings is 1. The zero-order valence-electron chi connectivity index (χ0n) is 16.8. The number of hydrogen-bond acceptors (Lipinski definition) is 4. The lowest BCUT2D eigenvalue weighted by atomic mass is 10.0. The van der Waals surface area contributed by atoms with E-state index < -0.39 is 0 Å². The molecule has 30 heavy (non-hydrogen) atoms. The maximum absolute atomic E-state index is 13.6. The third kappa shape index (κ3) is 2.78. The van der Waals surface area contributed by atoms with E-state index in [1.54, 1.807) is 17.0 Å². The molecule has 5 heteroatoms. The fourth-order valence-electron chi connectivity index (χ4n) is 4.00. The van der Waals surface area contributed by atoms with Crippen LogP contribution < -0.4 is 10.9 Å². The number of nitrogens with zero attached hydrogens (tertiary/aromatic N) is 2. The molecule has 0 amide bonds. The van der Waals surface area contributed by atoms with Gasteiger partial charge >= 0.3 is 0 Å². The Bertz CT molecular complexity index is 1430. The van der Waals surface area contributed by atoms with E-state index in [9.17, 15) is 4.79 Å². The molecule has 5 rings (SSSR count). The van der Waals surface area contributed by atoms with E-state index in [-0.39, 0.29) is 5.56 Å². The zero-order valence-corrected chi connectivity index (χ0v) is 16.8. The summed E-state index contributed by atoms with van der Waals surface area (Å²) in [7, 11) is 0. The number of benzene rings is 2. The first kappa shape index (κ1) is 18.2. The van der Waals surface area contributed by atoms with Gasteiger partial charge in [0.2, 0.25) is 5.88 Å². The van der Waals surface area contributed by atoms with Gasteiger partial charge in [-0.15, -0.1) is 0 Å². The maximum Gasteiger partial charge on any atom is 0.262 e. The number of hydrogen-bond donors (Lipinski definition) is 1. The van der Waals surface area contributed by atoms with Crippen molar-refractivity contribution in [2.45, 2.75) is 20.4 Å². The predicted molar refractivity (Wildman–Crippen MR) is 121 cm³/mol. The van der Waals surface area contributed by atoms with Crippen LogP contribution in [0.25, 0.3) is 33.0 Å². The van der Waals surface area contributed by atoms with Gasteiger partial charge in [-0.1, -0.05) is 30.3 Å². The first-order valence-electron chi connectivity index (χ1n) is 10.00. The van der Waals surface area contributed by atoms with Crippen LogP contribution in [0.2, 0.25) is 0 Å². The molecule has 0 radical (unpaired) electrons. The Balaban J connectivity index is 1.90. The van der Waals surface area contributed by atoms with Crippen LogP contribution in [0.4, 0.5) is 11.6 Å². The minimum atomic E-state index is -0.0559. The van der Waals surface area contributed by atoms with Crippen LogP contribution in [-0.2, 0) is 6.54 Å². The van der Waals surface area contributed by atoms with E-state index in [2.05, 4.69) is 10.3 Å². The van der Waals surface area contributed by atoms with E-state index in [1.165, 1.54) is 0 Å². The maximum atomic E-state index is 13.6. The highest BCUT2D eigenvalue weighted by Crippen LogP contribution is 2.41. The molecule has 3 aromatic heterocycles. The first-order valence-corrected chi connectivity index (χ1v) is 10.00. The molecule has 0 saturated heterocycles. The summed E-state index contributed by atoms with van der Waals surface area (Å²) in [6, 6.07) is 19.7. The predicted octanol–water partition coefficient (Wildman–Crippen LogP) is 5.88. The number of para-hydroxylation sites is 2. The molecular weight excluding hydrogens is 374 g/mol.